The molecule has 3 N–H and O–H groups in total. The van der Waals surface area contributed by atoms with Crippen LogP contribution in [0, 0.1) is 20.8 Å². The molecule has 1 aliphatic heterocycles. The van der Waals surface area contributed by atoms with Crippen molar-refractivity contribution >= 4 is 17.6 Å². The summed E-state index contributed by atoms with van der Waals surface area (Å²) in [5.41, 5.74) is 4.63. The fraction of sp³-hybridized carbons (Fsp3) is 0.355. The zero-order chi connectivity index (χ0) is 28.3. The van der Waals surface area contributed by atoms with Gasteiger partial charge in [0.1, 0.15) is 35.5 Å². The topological polar surface area (TPSA) is 114 Å². The number of aliphatic carboxylic acids is 1. The maximum atomic E-state index is 12.1. The normalized spacial score (nSPS) is 16.9. The summed E-state index contributed by atoms with van der Waals surface area (Å²) in [7, 11) is 1.28. The van der Waals surface area contributed by atoms with E-state index in [0.29, 0.717) is 23.8 Å². The van der Waals surface area contributed by atoms with E-state index in [1.54, 1.807) is 24.3 Å². The third kappa shape index (κ3) is 5.95. The highest BCUT2D eigenvalue weighted by Crippen LogP contribution is 2.43. The molecular weight excluding hydrogens is 498 g/mol. The minimum atomic E-state index is -1.04. The van der Waals surface area contributed by atoms with Gasteiger partial charge in [-0.3, -0.25) is 0 Å². The van der Waals surface area contributed by atoms with E-state index < -0.39 is 23.6 Å². The lowest BCUT2D eigenvalue weighted by molar-refractivity contribution is -0.137. The Hall–Kier alpha value is -4.20. The Morgan fingerprint density at radius 3 is 2.41 bits per heavy atom. The Morgan fingerprint density at radius 2 is 1.74 bits per heavy atom. The largest absolute Gasteiger partial charge is 0.507 e. The first-order valence-corrected chi connectivity index (χ1v) is 12.9. The Labute approximate surface area is 228 Å². The van der Waals surface area contributed by atoms with Gasteiger partial charge < -0.3 is 29.7 Å². The van der Waals surface area contributed by atoms with Gasteiger partial charge in [-0.15, -0.1) is 0 Å². The van der Waals surface area contributed by atoms with Crippen LogP contribution in [0.4, 0.5) is 5.69 Å². The van der Waals surface area contributed by atoms with Gasteiger partial charge in [0, 0.05) is 17.7 Å². The van der Waals surface area contributed by atoms with Gasteiger partial charge in [0.25, 0.3) is 0 Å². The predicted molar refractivity (Wildman–Crippen MR) is 148 cm³/mol. The summed E-state index contributed by atoms with van der Waals surface area (Å²) in [6, 6.07) is 13.0. The van der Waals surface area contributed by atoms with Crippen LogP contribution in [0.25, 0.3) is 0 Å². The number of hydrogen-bond donors (Lipinski definition) is 3. The van der Waals surface area contributed by atoms with E-state index in [2.05, 4.69) is 5.32 Å². The van der Waals surface area contributed by atoms with E-state index in [0.717, 1.165) is 46.4 Å². The van der Waals surface area contributed by atoms with E-state index in [-0.39, 0.29) is 12.0 Å². The summed E-state index contributed by atoms with van der Waals surface area (Å²) in [6.45, 7) is 8.15. The number of carboxylic acids is 1. The summed E-state index contributed by atoms with van der Waals surface area (Å²) < 4.78 is 17.3. The molecule has 0 saturated heterocycles. The fourth-order valence-electron chi connectivity index (χ4n) is 4.87. The number of nitrogens with one attached hydrogen (secondary N) is 1. The molecule has 2 atom stereocenters. The molecule has 1 aliphatic rings. The van der Waals surface area contributed by atoms with Crippen molar-refractivity contribution in [3.05, 3.63) is 81.9 Å². The van der Waals surface area contributed by atoms with Crippen LogP contribution in [-0.2, 0) is 22.4 Å². The smallest absolute Gasteiger partial charge is 0.339 e. The molecule has 206 valence electrons. The van der Waals surface area contributed by atoms with Crippen molar-refractivity contribution in [3.8, 4) is 17.2 Å². The molecule has 39 heavy (non-hydrogen) atoms. The number of hydrogen-bond acceptors (Lipinski definition) is 7. The van der Waals surface area contributed by atoms with Gasteiger partial charge >= 0.3 is 11.9 Å². The van der Waals surface area contributed by atoms with Crippen LogP contribution in [0.3, 0.4) is 0 Å². The third-order valence-corrected chi connectivity index (χ3v) is 7.46. The van der Waals surface area contributed by atoms with Crippen molar-refractivity contribution in [2.45, 2.75) is 58.6 Å². The average molecular weight is 534 g/mol. The third-order valence-electron chi connectivity index (χ3n) is 7.46. The van der Waals surface area contributed by atoms with Crippen molar-refractivity contribution in [2.75, 3.05) is 19.0 Å². The van der Waals surface area contributed by atoms with Gasteiger partial charge in [0.15, 0.2) is 0 Å². The summed E-state index contributed by atoms with van der Waals surface area (Å²) in [6.07, 6.45) is 1.74. The number of methoxy groups -OCH3 is 1. The molecule has 4 rings (SSSR count). The molecule has 0 fully saturated rings. The molecule has 1 unspecified atom stereocenters. The van der Waals surface area contributed by atoms with Crippen LogP contribution in [0.2, 0.25) is 0 Å². The number of benzene rings is 3. The molecule has 0 bridgehead atoms. The highest BCUT2D eigenvalue weighted by atomic mass is 16.5. The zero-order valence-electron chi connectivity index (χ0n) is 23.0. The van der Waals surface area contributed by atoms with Gasteiger partial charge in [-0.25, -0.2) is 9.59 Å². The average Bonchev–Trinajstić information content (AvgIpc) is 2.94. The lowest BCUT2D eigenvalue weighted by atomic mass is 9.87. The number of carboxylic acid groups (broad SMARTS) is 1. The quantitative estimate of drug-likeness (QED) is 0.315. The minimum absolute atomic E-state index is 0.202. The van der Waals surface area contributed by atoms with Crippen molar-refractivity contribution in [1.82, 2.24) is 0 Å². The second kappa shape index (κ2) is 11.3. The fourth-order valence-corrected chi connectivity index (χ4v) is 4.87. The molecule has 8 nitrogen and oxygen atoms in total. The van der Waals surface area contributed by atoms with Gasteiger partial charge in [-0.1, -0.05) is 24.3 Å². The highest BCUT2D eigenvalue weighted by Gasteiger charge is 2.35. The maximum Gasteiger partial charge on any atom is 0.339 e. The molecule has 0 aromatic heterocycles. The number of rotatable bonds is 9. The van der Waals surface area contributed by atoms with Crippen molar-refractivity contribution in [1.29, 1.82) is 0 Å². The van der Waals surface area contributed by atoms with E-state index in [1.165, 1.54) is 7.11 Å². The Morgan fingerprint density at radius 1 is 1.05 bits per heavy atom. The molecule has 3 aromatic carbocycles. The van der Waals surface area contributed by atoms with Crippen molar-refractivity contribution in [3.63, 3.8) is 0 Å². The van der Waals surface area contributed by atoms with Crippen LogP contribution < -0.4 is 14.8 Å². The van der Waals surface area contributed by atoms with Crippen molar-refractivity contribution < 1.29 is 34.0 Å². The number of carbonyl (C=O) groups excluding carboxylic acids is 1. The number of carbonyl (C=O) groups is 2. The summed E-state index contributed by atoms with van der Waals surface area (Å²) in [5.74, 6) is 0.243. The molecule has 0 aliphatic carbocycles. The van der Waals surface area contributed by atoms with Crippen LogP contribution in [0.15, 0.2) is 48.5 Å². The summed E-state index contributed by atoms with van der Waals surface area (Å²) in [5, 5.41) is 23.2. The number of phenols is 1. The number of aromatic hydroxyl groups is 1. The lowest BCUT2D eigenvalue weighted by Gasteiger charge is -2.37. The van der Waals surface area contributed by atoms with Gasteiger partial charge in [0.2, 0.25) is 0 Å². The van der Waals surface area contributed by atoms with Crippen LogP contribution in [0.1, 0.15) is 51.5 Å². The van der Waals surface area contributed by atoms with Crippen LogP contribution in [0.5, 0.6) is 17.2 Å². The van der Waals surface area contributed by atoms with E-state index in [9.17, 15) is 19.8 Å². The number of phenolic OH excluding ortho intramolecular Hbond substituents is 1. The number of esters is 1. The molecule has 1 heterocycles. The SMILES string of the molecule is COC(=O)c1ccccc1N[C@@H](Cc1ccc(OCC2(C)CCc3c(C)c(O)c(C)c(C)c3O2)cc1)C(=O)O. The first-order valence-electron chi connectivity index (χ1n) is 12.9. The first kappa shape index (κ1) is 27.8. The van der Waals surface area contributed by atoms with Crippen LogP contribution >= 0.6 is 0 Å². The molecule has 3 aromatic rings. The zero-order valence-corrected chi connectivity index (χ0v) is 23.0. The minimum Gasteiger partial charge on any atom is -0.507 e. The van der Waals surface area contributed by atoms with Gasteiger partial charge in [0.05, 0.1) is 12.7 Å². The highest BCUT2D eigenvalue weighted by molar-refractivity contribution is 5.96. The van der Waals surface area contributed by atoms with Crippen molar-refractivity contribution in [2.24, 2.45) is 0 Å². The summed E-state index contributed by atoms with van der Waals surface area (Å²) in [4.78, 5) is 24.0. The van der Waals surface area contributed by atoms with Gasteiger partial charge in [-0.2, -0.15) is 0 Å². The van der Waals surface area contributed by atoms with Crippen LogP contribution in [-0.4, -0.2) is 47.5 Å². The molecule has 0 amide bonds. The second-order valence-electron chi connectivity index (χ2n) is 10.3. The Kier molecular flexibility index (Phi) is 8.04. The molecule has 0 saturated carbocycles. The summed E-state index contributed by atoms with van der Waals surface area (Å²) >= 11 is 0. The number of anilines is 1. The molecule has 0 radical (unpaired) electrons. The number of para-hydroxylation sites is 1. The monoisotopic (exact) mass is 533 g/mol. The van der Waals surface area contributed by atoms with E-state index in [1.807, 2.05) is 52.0 Å². The molecular formula is C31H35NO7. The molecule has 0 spiro atoms. The maximum absolute atomic E-state index is 12.1. The van der Waals surface area contributed by atoms with Gasteiger partial charge in [-0.05, 0) is 87.1 Å². The first-order chi connectivity index (χ1) is 18.5. The lowest BCUT2D eigenvalue weighted by Crippen LogP contribution is -2.42. The van der Waals surface area contributed by atoms with E-state index >= 15 is 0 Å². The standard InChI is InChI=1S/C31H35NO7/c1-18-19(2)28-23(20(3)27(18)33)14-15-31(4,39-28)17-38-22-12-10-21(11-13-22)16-26(29(34)35)32-25-9-7-6-8-24(25)30(36)37-5/h6-13,26,32-33H,14-17H2,1-5H3,(H,34,35)/t26-,31?/m0/s1. The number of ether oxygens (including phenoxy) is 3. The number of fused-ring (bicyclic) bond motifs is 1. The Bertz CT molecular complexity index is 1380. The Balaban J connectivity index is 1.41. The second-order valence-corrected chi connectivity index (χ2v) is 10.3. The predicted octanol–water partition coefficient (Wildman–Crippen LogP) is 5.37. The molecule has 8 heteroatoms. The van der Waals surface area contributed by atoms with E-state index in [4.69, 9.17) is 14.2 Å².